The van der Waals surface area contributed by atoms with Crippen molar-refractivity contribution in [2.75, 3.05) is 6.61 Å². The van der Waals surface area contributed by atoms with Gasteiger partial charge in [0, 0.05) is 12.2 Å². The minimum atomic E-state index is -0.746. The number of carbonyl (C=O) groups excluding carboxylic acids is 1. The number of hydrogen-bond donors (Lipinski definition) is 1. The van der Waals surface area contributed by atoms with E-state index in [0.717, 1.165) is 25.0 Å². The van der Waals surface area contributed by atoms with Crippen LogP contribution in [0.15, 0.2) is 18.2 Å². The van der Waals surface area contributed by atoms with Crippen LogP contribution in [0.4, 0.5) is 8.78 Å². The molecule has 1 N–H and O–H groups in total. The lowest BCUT2D eigenvalue weighted by Crippen LogP contribution is -2.44. The first-order valence-electron chi connectivity index (χ1n) is 7.00. The molecule has 1 aromatic carbocycles. The SMILES string of the molecule is O=C(NC1(c2cc(F)ccc2F)CC1)C1CCCCO1. The molecule has 1 heterocycles. The predicted octanol–water partition coefficient (Wildman–Crippen LogP) is 2.64. The second-order valence-electron chi connectivity index (χ2n) is 5.55. The van der Waals surface area contributed by atoms with Crippen LogP contribution >= 0.6 is 0 Å². The maximum atomic E-state index is 13.8. The van der Waals surface area contributed by atoms with E-state index in [1.165, 1.54) is 6.07 Å². The molecule has 1 saturated heterocycles. The molecule has 0 radical (unpaired) electrons. The van der Waals surface area contributed by atoms with E-state index in [-0.39, 0.29) is 11.5 Å². The molecule has 1 unspecified atom stereocenters. The van der Waals surface area contributed by atoms with Gasteiger partial charge in [0.15, 0.2) is 0 Å². The highest BCUT2D eigenvalue weighted by Crippen LogP contribution is 2.46. The zero-order chi connectivity index (χ0) is 14.2. The third-order valence-corrected chi connectivity index (χ3v) is 4.03. The van der Waals surface area contributed by atoms with Gasteiger partial charge in [-0.2, -0.15) is 0 Å². The number of rotatable bonds is 3. The third-order valence-electron chi connectivity index (χ3n) is 4.03. The van der Waals surface area contributed by atoms with Crippen LogP contribution < -0.4 is 5.32 Å². The van der Waals surface area contributed by atoms with Gasteiger partial charge < -0.3 is 10.1 Å². The fourth-order valence-electron chi connectivity index (χ4n) is 2.71. The largest absolute Gasteiger partial charge is 0.368 e. The van der Waals surface area contributed by atoms with E-state index in [1.54, 1.807) is 0 Å². The molecule has 3 rings (SSSR count). The number of hydrogen-bond acceptors (Lipinski definition) is 2. The van der Waals surface area contributed by atoms with E-state index in [0.29, 0.717) is 25.9 Å². The Balaban J connectivity index is 1.75. The standard InChI is InChI=1S/C15H17F2NO2/c16-10-4-5-12(17)11(9-10)15(6-7-15)18-14(19)13-3-1-2-8-20-13/h4-5,9,13H,1-3,6-8H2,(H,18,19). The quantitative estimate of drug-likeness (QED) is 0.925. The normalized spacial score (nSPS) is 24.2. The van der Waals surface area contributed by atoms with Crippen LogP contribution in [0.25, 0.3) is 0 Å². The predicted molar refractivity (Wildman–Crippen MR) is 69.0 cm³/mol. The summed E-state index contributed by atoms with van der Waals surface area (Å²) in [6.07, 6.45) is 3.41. The number of amides is 1. The van der Waals surface area contributed by atoms with E-state index >= 15 is 0 Å². The van der Waals surface area contributed by atoms with Crippen molar-refractivity contribution in [3.8, 4) is 0 Å². The van der Waals surface area contributed by atoms with Gasteiger partial charge >= 0.3 is 0 Å². The first kappa shape index (κ1) is 13.5. The fraction of sp³-hybridized carbons (Fsp3) is 0.533. The summed E-state index contributed by atoms with van der Waals surface area (Å²) in [5.41, 5.74) is -0.508. The third kappa shape index (κ3) is 2.54. The van der Waals surface area contributed by atoms with Crippen molar-refractivity contribution in [3.63, 3.8) is 0 Å². The van der Waals surface area contributed by atoms with E-state index in [2.05, 4.69) is 5.32 Å². The maximum Gasteiger partial charge on any atom is 0.249 e. The molecule has 1 aliphatic heterocycles. The van der Waals surface area contributed by atoms with Crippen LogP contribution in [0.2, 0.25) is 0 Å². The number of benzene rings is 1. The summed E-state index contributed by atoms with van der Waals surface area (Å²) in [6, 6.07) is 3.36. The lowest BCUT2D eigenvalue weighted by molar-refractivity contribution is -0.136. The molecule has 2 fully saturated rings. The van der Waals surface area contributed by atoms with Crippen molar-refractivity contribution in [1.29, 1.82) is 0 Å². The Hall–Kier alpha value is -1.49. The van der Waals surface area contributed by atoms with Crippen molar-refractivity contribution in [2.24, 2.45) is 0 Å². The molecule has 1 atom stereocenters. The molecule has 0 spiro atoms. The first-order chi connectivity index (χ1) is 9.61. The van der Waals surface area contributed by atoms with Crippen LogP contribution in [0.5, 0.6) is 0 Å². The Morgan fingerprint density at radius 2 is 2.10 bits per heavy atom. The summed E-state index contributed by atoms with van der Waals surface area (Å²) in [5, 5.41) is 2.85. The van der Waals surface area contributed by atoms with Gasteiger partial charge in [0.05, 0.1) is 5.54 Å². The van der Waals surface area contributed by atoms with Gasteiger partial charge in [0.1, 0.15) is 17.7 Å². The van der Waals surface area contributed by atoms with Gasteiger partial charge in [-0.05, 0) is 50.3 Å². The Kier molecular flexibility index (Phi) is 3.46. The lowest BCUT2D eigenvalue weighted by Gasteiger charge is -2.25. The van der Waals surface area contributed by atoms with Crippen LogP contribution in [0.1, 0.15) is 37.7 Å². The number of carbonyl (C=O) groups is 1. The molecule has 0 bridgehead atoms. The molecule has 1 aromatic rings. The van der Waals surface area contributed by atoms with Gasteiger partial charge in [0.25, 0.3) is 0 Å². The number of nitrogens with one attached hydrogen (secondary N) is 1. The maximum absolute atomic E-state index is 13.8. The molecule has 1 aliphatic carbocycles. The van der Waals surface area contributed by atoms with Gasteiger partial charge in [-0.25, -0.2) is 8.78 Å². The fourth-order valence-corrected chi connectivity index (χ4v) is 2.71. The zero-order valence-electron chi connectivity index (χ0n) is 11.1. The number of halogens is 2. The molecule has 2 aliphatic rings. The average Bonchev–Trinajstić information content (AvgIpc) is 3.23. The van der Waals surface area contributed by atoms with Crippen molar-refractivity contribution in [3.05, 3.63) is 35.4 Å². The highest BCUT2D eigenvalue weighted by Gasteiger charge is 2.48. The molecule has 5 heteroatoms. The van der Waals surface area contributed by atoms with Gasteiger partial charge in [-0.15, -0.1) is 0 Å². The van der Waals surface area contributed by atoms with E-state index < -0.39 is 23.3 Å². The summed E-state index contributed by atoms with van der Waals surface area (Å²) < 4.78 is 32.6. The van der Waals surface area contributed by atoms with Gasteiger partial charge in [0.2, 0.25) is 5.91 Å². The Labute approximate surface area is 116 Å². The number of ether oxygens (including phenoxy) is 1. The molecular formula is C15H17F2NO2. The average molecular weight is 281 g/mol. The van der Waals surface area contributed by atoms with Gasteiger partial charge in [-0.1, -0.05) is 0 Å². The topological polar surface area (TPSA) is 38.3 Å². The van der Waals surface area contributed by atoms with E-state index in [4.69, 9.17) is 4.74 Å². The molecule has 1 saturated carbocycles. The van der Waals surface area contributed by atoms with Crippen molar-refractivity contribution >= 4 is 5.91 Å². The molecule has 20 heavy (non-hydrogen) atoms. The Bertz CT molecular complexity index is 523. The lowest BCUT2D eigenvalue weighted by atomic mass is 10.0. The van der Waals surface area contributed by atoms with Crippen LogP contribution in [-0.4, -0.2) is 18.6 Å². The molecule has 108 valence electrons. The van der Waals surface area contributed by atoms with Gasteiger partial charge in [-0.3, -0.25) is 4.79 Å². The second-order valence-corrected chi connectivity index (χ2v) is 5.55. The summed E-state index contributed by atoms with van der Waals surface area (Å²) in [5.74, 6) is -1.18. The van der Waals surface area contributed by atoms with E-state index in [9.17, 15) is 13.6 Å². The first-order valence-corrected chi connectivity index (χ1v) is 7.00. The summed E-state index contributed by atoms with van der Waals surface area (Å²) in [4.78, 5) is 12.2. The summed E-state index contributed by atoms with van der Waals surface area (Å²) in [7, 11) is 0. The van der Waals surface area contributed by atoms with Crippen molar-refractivity contribution in [2.45, 2.75) is 43.7 Å². The minimum Gasteiger partial charge on any atom is -0.368 e. The Morgan fingerprint density at radius 1 is 1.30 bits per heavy atom. The van der Waals surface area contributed by atoms with Crippen molar-refractivity contribution < 1.29 is 18.3 Å². The molecule has 3 nitrogen and oxygen atoms in total. The second kappa shape index (κ2) is 5.13. The Morgan fingerprint density at radius 3 is 2.75 bits per heavy atom. The monoisotopic (exact) mass is 281 g/mol. The van der Waals surface area contributed by atoms with Crippen LogP contribution in [-0.2, 0) is 15.1 Å². The van der Waals surface area contributed by atoms with Crippen LogP contribution in [0.3, 0.4) is 0 Å². The highest BCUT2D eigenvalue weighted by atomic mass is 19.1. The van der Waals surface area contributed by atoms with Crippen LogP contribution in [0, 0.1) is 11.6 Å². The van der Waals surface area contributed by atoms with Crippen molar-refractivity contribution in [1.82, 2.24) is 5.32 Å². The molecule has 1 amide bonds. The minimum absolute atomic E-state index is 0.217. The molecular weight excluding hydrogens is 264 g/mol. The smallest absolute Gasteiger partial charge is 0.249 e. The summed E-state index contributed by atoms with van der Waals surface area (Å²) >= 11 is 0. The van der Waals surface area contributed by atoms with E-state index in [1.807, 2.05) is 0 Å². The molecule has 0 aromatic heterocycles. The zero-order valence-corrected chi connectivity index (χ0v) is 11.1. The summed E-state index contributed by atoms with van der Waals surface area (Å²) in [6.45, 7) is 0.583. The highest BCUT2D eigenvalue weighted by molar-refractivity contribution is 5.82.